The van der Waals surface area contributed by atoms with Gasteiger partial charge in [0.05, 0.1) is 12.2 Å². The summed E-state index contributed by atoms with van der Waals surface area (Å²) in [5.41, 5.74) is 3.13. The topological polar surface area (TPSA) is 94.1 Å². The first-order valence-corrected chi connectivity index (χ1v) is 9.44. The zero-order chi connectivity index (χ0) is 19.1. The molecule has 1 aliphatic carbocycles. The number of hydrogen-bond donors (Lipinski definition) is 0. The van der Waals surface area contributed by atoms with Gasteiger partial charge in [-0.05, 0) is 37.0 Å². The minimum absolute atomic E-state index is 0.0527. The lowest BCUT2D eigenvalue weighted by Gasteiger charge is -2.38. The molecule has 28 heavy (non-hydrogen) atoms. The van der Waals surface area contributed by atoms with Crippen LogP contribution < -0.4 is 5.56 Å². The number of aromatic nitrogens is 4. The number of nitrogens with zero attached hydrogens (tertiary/aromatic N) is 5. The van der Waals surface area contributed by atoms with Crippen LogP contribution in [0.5, 0.6) is 0 Å². The molecule has 1 amide bonds. The Morgan fingerprint density at radius 1 is 1.25 bits per heavy atom. The van der Waals surface area contributed by atoms with Crippen molar-refractivity contribution in [1.82, 2.24) is 24.8 Å². The molecule has 4 heterocycles. The van der Waals surface area contributed by atoms with Crippen LogP contribution in [0.3, 0.4) is 0 Å². The van der Waals surface area contributed by atoms with Gasteiger partial charge in [0.15, 0.2) is 11.5 Å². The standard InChI is InChI=1S/C20H19N5O3/c26-19-7-14-3-1-5-16(14)22-25(19)12-13-10-24(11-13)20(27)17-8-18(28-23-17)15-4-2-6-21-9-15/h2,4,6-9,13H,1,3,5,10-12H2. The van der Waals surface area contributed by atoms with E-state index in [0.29, 0.717) is 25.4 Å². The number of aryl methyl sites for hydroxylation is 2. The van der Waals surface area contributed by atoms with E-state index in [9.17, 15) is 9.59 Å². The lowest BCUT2D eigenvalue weighted by Crippen LogP contribution is -2.52. The molecule has 0 saturated carbocycles. The summed E-state index contributed by atoms with van der Waals surface area (Å²) in [6.07, 6.45) is 6.29. The highest BCUT2D eigenvalue weighted by molar-refractivity contribution is 5.93. The molecule has 8 nitrogen and oxygen atoms in total. The maximum atomic E-state index is 12.6. The highest BCUT2D eigenvalue weighted by Crippen LogP contribution is 2.24. The third-order valence-corrected chi connectivity index (χ3v) is 5.37. The van der Waals surface area contributed by atoms with Crippen LogP contribution in [0.25, 0.3) is 11.3 Å². The molecular weight excluding hydrogens is 358 g/mol. The van der Waals surface area contributed by atoms with Crippen molar-refractivity contribution in [2.24, 2.45) is 5.92 Å². The van der Waals surface area contributed by atoms with Crippen molar-refractivity contribution in [3.8, 4) is 11.3 Å². The van der Waals surface area contributed by atoms with Crippen LogP contribution >= 0.6 is 0 Å². The molecule has 3 aromatic rings. The number of likely N-dealkylation sites (tertiary alicyclic amines) is 1. The van der Waals surface area contributed by atoms with Crippen LogP contribution in [0.2, 0.25) is 0 Å². The summed E-state index contributed by atoms with van der Waals surface area (Å²) in [7, 11) is 0. The molecule has 0 unspecified atom stereocenters. The minimum Gasteiger partial charge on any atom is -0.355 e. The zero-order valence-corrected chi connectivity index (χ0v) is 15.2. The molecule has 1 saturated heterocycles. The molecule has 1 fully saturated rings. The second-order valence-electron chi connectivity index (χ2n) is 7.38. The smallest absolute Gasteiger partial charge is 0.276 e. The number of amides is 1. The first kappa shape index (κ1) is 16.9. The van der Waals surface area contributed by atoms with E-state index in [1.54, 1.807) is 40.2 Å². The Labute approximate surface area is 160 Å². The van der Waals surface area contributed by atoms with Gasteiger partial charge in [-0.15, -0.1) is 0 Å². The van der Waals surface area contributed by atoms with Crippen molar-refractivity contribution >= 4 is 5.91 Å². The normalized spacial score (nSPS) is 16.1. The summed E-state index contributed by atoms with van der Waals surface area (Å²) in [5, 5.41) is 8.40. The second kappa shape index (κ2) is 6.70. The average Bonchev–Trinajstić information content (AvgIpc) is 3.34. The van der Waals surface area contributed by atoms with E-state index in [1.165, 1.54) is 0 Å². The van der Waals surface area contributed by atoms with Crippen LogP contribution in [-0.4, -0.2) is 43.8 Å². The predicted molar refractivity (Wildman–Crippen MR) is 99.6 cm³/mol. The molecule has 3 aromatic heterocycles. The van der Waals surface area contributed by atoms with Gasteiger partial charge < -0.3 is 9.42 Å². The molecule has 0 bridgehead atoms. The summed E-state index contributed by atoms with van der Waals surface area (Å²) in [6.45, 7) is 1.70. The molecular formula is C20H19N5O3. The molecule has 0 atom stereocenters. The van der Waals surface area contributed by atoms with Gasteiger partial charge in [-0.2, -0.15) is 5.10 Å². The summed E-state index contributed by atoms with van der Waals surface area (Å²) in [6, 6.07) is 7.00. The molecule has 142 valence electrons. The molecule has 5 rings (SSSR count). The van der Waals surface area contributed by atoms with Crippen molar-refractivity contribution in [2.45, 2.75) is 25.8 Å². The Kier molecular flexibility index (Phi) is 4.03. The van der Waals surface area contributed by atoms with E-state index < -0.39 is 0 Å². The van der Waals surface area contributed by atoms with Gasteiger partial charge in [0, 0.05) is 49.1 Å². The zero-order valence-electron chi connectivity index (χ0n) is 15.2. The van der Waals surface area contributed by atoms with E-state index >= 15 is 0 Å². The van der Waals surface area contributed by atoms with Crippen molar-refractivity contribution in [3.63, 3.8) is 0 Å². The summed E-state index contributed by atoms with van der Waals surface area (Å²) >= 11 is 0. The summed E-state index contributed by atoms with van der Waals surface area (Å²) in [5.74, 6) is 0.574. The van der Waals surface area contributed by atoms with Gasteiger partial charge >= 0.3 is 0 Å². The fraction of sp³-hybridized carbons (Fsp3) is 0.350. The lowest BCUT2D eigenvalue weighted by atomic mass is 9.99. The van der Waals surface area contributed by atoms with Crippen molar-refractivity contribution in [3.05, 3.63) is 64.0 Å². The number of hydrogen-bond acceptors (Lipinski definition) is 6. The van der Waals surface area contributed by atoms with Crippen molar-refractivity contribution < 1.29 is 9.32 Å². The number of carbonyl (C=O) groups is 1. The van der Waals surface area contributed by atoms with Crippen LogP contribution in [0.15, 0.2) is 46.0 Å². The maximum Gasteiger partial charge on any atom is 0.276 e. The van der Waals surface area contributed by atoms with Crippen LogP contribution in [-0.2, 0) is 19.4 Å². The Bertz CT molecular complexity index is 1080. The average molecular weight is 377 g/mol. The molecule has 0 N–H and O–H groups in total. The van der Waals surface area contributed by atoms with Gasteiger partial charge in [-0.3, -0.25) is 14.6 Å². The van der Waals surface area contributed by atoms with E-state index in [0.717, 1.165) is 36.1 Å². The SMILES string of the molecule is O=C(c1cc(-c2cccnc2)on1)N1CC(Cn2nc3c(cc2=O)CCC3)C1. The Balaban J connectivity index is 1.22. The van der Waals surface area contributed by atoms with Gasteiger partial charge in [0.25, 0.3) is 11.5 Å². The van der Waals surface area contributed by atoms with E-state index in [-0.39, 0.29) is 23.1 Å². The maximum absolute atomic E-state index is 12.6. The first-order valence-electron chi connectivity index (χ1n) is 9.44. The minimum atomic E-state index is -0.163. The largest absolute Gasteiger partial charge is 0.355 e. The molecule has 2 aliphatic rings. The molecule has 0 spiro atoms. The highest BCUT2D eigenvalue weighted by Gasteiger charge is 2.33. The quantitative estimate of drug-likeness (QED) is 0.685. The van der Waals surface area contributed by atoms with Crippen molar-refractivity contribution in [2.75, 3.05) is 13.1 Å². The summed E-state index contributed by atoms with van der Waals surface area (Å²) < 4.78 is 6.83. The Morgan fingerprint density at radius 2 is 2.14 bits per heavy atom. The lowest BCUT2D eigenvalue weighted by molar-refractivity contribution is 0.0448. The van der Waals surface area contributed by atoms with E-state index in [4.69, 9.17) is 4.52 Å². The van der Waals surface area contributed by atoms with Crippen LogP contribution in [0.4, 0.5) is 0 Å². The Morgan fingerprint density at radius 3 is 2.96 bits per heavy atom. The molecule has 0 radical (unpaired) electrons. The third-order valence-electron chi connectivity index (χ3n) is 5.37. The van der Waals surface area contributed by atoms with Crippen molar-refractivity contribution in [1.29, 1.82) is 0 Å². The number of rotatable bonds is 4. The molecule has 1 aliphatic heterocycles. The van der Waals surface area contributed by atoms with E-state index in [1.807, 2.05) is 6.07 Å². The van der Waals surface area contributed by atoms with Crippen LogP contribution in [0.1, 0.15) is 28.2 Å². The van der Waals surface area contributed by atoms with Gasteiger partial charge in [-0.25, -0.2) is 4.68 Å². The fourth-order valence-electron chi connectivity index (χ4n) is 3.85. The van der Waals surface area contributed by atoms with Crippen LogP contribution in [0, 0.1) is 5.92 Å². The first-order chi connectivity index (χ1) is 13.7. The number of pyridine rings is 1. The number of carbonyl (C=O) groups excluding carboxylic acids is 1. The van der Waals surface area contributed by atoms with Gasteiger partial charge in [-0.1, -0.05) is 5.16 Å². The second-order valence-corrected chi connectivity index (χ2v) is 7.38. The highest BCUT2D eigenvalue weighted by atomic mass is 16.5. The van der Waals surface area contributed by atoms with E-state index in [2.05, 4.69) is 15.2 Å². The summed E-state index contributed by atoms with van der Waals surface area (Å²) in [4.78, 5) is 30.6. The number of fused-ring (bicyclic) bond motifs is 1. The van der Waals surface area contributed by atoms with Gasteiger partial charge in [0.1, 0.15) is 0 Å². The third kappa shape index (κ3) is 3.00. The Hall–Kier alpha value is -3.29. The predicted octanol–water partition coefficient (Wildman–Crippen LogP) is 1.55. The van der Waals surface area contributed by atoms with Gasteiger partial charge in [0.2, 0.25) is 0 Å². The molecule has 8 heteroatoms. The molecule has 0 aromatic carbocycles. The fourth-order valence-corrected chi connectivity index (χ4v) is 3.85. The monoisotopic (exact) mass is 377 g/mol.